The maximum absolute atomic E-state index is 13.6. The van der Waals surface area contributed by atoms with Crippen molar-refractivity contribution in [2.75, 3.05) is 4.90 Å². The summed E-state index contributed by atoms with van der Waals surface area (Å²) in [4.78, 5) is 18.4. The summed E-state index contributed by atoms with van der Waals surface area (Å²) in [6.07, 6.45) is 1.89. The Hall–Kier alpha value is -1.95. The second-order valence-electron chi connectivity index (χ2n) is 6.73. The summed E-state index contributed by atoms with van der Waals surface area (Å²) in [6.45, 7) is 5.43. The van der Waals surface area contributed by atoms with E-state index in [1.54, 1.807) is 0 Å². The molecule has 0 radical (unpaired) electrons. The van der Waals surface area contributed by atoms with E-state index in [9.17, 15) is 9.18 Å². The SMILES string of the molecule is CC(C)(C)OC(=O)N1c2ccc(Br)cc2CCc2cc(F)cnc21. The van der Waals surface area contributed by atoms with E-state index in [-0.39, 0.29) is 0 Å². The smallest absolute Gasteiger partial charge is 0.420 e. The summed E-state index contributed by atoms with van der Waals surface area (Å²) in [7, 11) is 0. The molecule has 0 bridgehead atoms. The third-order valence-electron chi connectivity index (χ3n) is 3.64. The molecule has 1 aliphatic rings. The lowest BCUT2D eigenvalue weighted by Crippen LogP contribution is -2.34. The molecule has 0 saturated carbocycles. The van der Waals surface area contributed by atoms with Gasteiger partial charge in [-0.3, -0.25) is 0 Å². The fourth-order valence-corrected chi connectivity index (χ4v) is 3.12. The Kier molecular flexibility index (Phi) is 4.34. The van der Waals surface area contributed by atoms with Crippen LogP contribution in [0.1, 0.15) is 31.9 Å². The molecule has 0 unspecified atom stereocenters. The zero-order valence-corrected chi connectivity index (χ0v) is 15.4. The van der Waals surface area contributed by atoms with Crippen LogP contribution in [0.25, 0.3) is 0 Å². The number of benzene rings is 1. The lowest BCUT2D eigenvalue weighted by molar-refractivity contribution is 0.0598. The van der Waals surface area contributed by atoms with Crippen LogP contribution in [0.15, 0.2) is 34.9 Å². The molecule has 0 fully saturated rings. The first-order valence-electron chi connectivity index (χ1n) is 7.70. The van der Waals surface area contributed by atoms with Gasteiger partial charge in [0.15, 0.2) is 0 Å². The van der Waals surface area contributed by atoms with E-state index in [0.29, 0.717) is 29.9 Å². The van der Waals surface area contributed by atoms with Gasteiger partial charge in [-0.25, -0.2) is 19.1 Å². The molecule has 2 aromatic rings. The van der Waals surface area contributed by atoms with E-state index in [0.717, 1.165) is 16.2 Å². The molecule has 6 heteroatoms. The number of ether oxygens (including phenoxy) is 1. The molecule has 1 amide bonds. The number of aryl methyl sites for hydroxylation is 2. The second kappa shape index (κ2) is 6.16. The Labute approximate surface area is 148 Å². The highest BCUT2D eigenvalue weighted by atomic mass is 79.9. The molecule has 4 nitrogen and oxygen atoms in total. The van der Waals surface area contributed by atoms with E-state index in [4.69, 9.17) is 4.74 Å². The number of anilines is 2. The molecule has 24 heavy (non-hydrogen) atoms. The monoisotopic (exact) mass is 392 g/mol. The Morgan fingerprint density at radius 1 is 1.25 bits per heavy atom. The van der Waals surface area contributed by atoms with Crippen LogP contribution in [-0.4, -0.2) is 16.7 Å². The highest BCUT2D eigenvalue weighted by Gasteiger charge is 2.31. The Balaban J connectivity index is 2.15. The lowest BCUT2D eigenvalue weighted by Gasteiger charge is -2.28. The predicted molar refractivity (Wildman–Crippen MR) is 94.1 cm³/mol. The molecular weight excluding hydrogens is 375 g/mol. The minimum absolute atomic E-state index is 0.412. The number of amides is 1. The summed E-state index contributed by atoms with van der Waals surface area (Å²) < 4.78 is 20.1. The third-order valence-corrected chi connectivity index (χ3v) is 4.14. The van der Waals surface area contributed by atoms with Gasteiger partial charge in [0.2, 0.25) is 0 Å². The van der Waals surface area contributed by atoms with Crippen LogP contribution < -0.4 is 4.90 Å². The Bertz CT molecular complexity index is 749. The van der Waals surface area contributed by atoms with E-state index < -0.39 is 17.5 Å². The summed E-state index contributed by atoms with van der Waals surface area (Å²) in [5, 5.41) is 0. The summed E-state index contributed by atoms with van der Waals surface area (Å²) in [5.41, 5.74) is 1.74. The normalized spacial score (nSPS) is 13.8. The molecule has 2 heterocycles. The predicted octanol–water partition coefficient (Wildman–Crippen LogP) is 5.16. The van der Waals surface area contributed by atoms with E-state index in [2.05, 4.69) is 20.9 Å². The third kappa shape index (κ3) is 3.43. The van der Waals surface area contributed by atoms with E-state index in [1.807, 2.05) is 39.0 Å². The number of aromatic nitrogens is 1. The van der Waals surface area contributed by atoms with Crippen LogP contribution in [-0.2, 0) is 17.6 Å². The van der Waals surface area contributed by atoms with Gasteiger partial charge in [-0.2, -0.15) is 0 Å². The van der Waals surface area contributed by atoms with Crippen LogP contribution in [0, 0.1) is 5.82 Å². The van der Waals surface area contributed by atoms with Crippen molar-refractivity contribution < 1.29 is 13.9 Å². The van der Waals surface area contributed by atoms with E-state index in [1.165, 1.54) is 11.0 Å². The highest BCUT2D eigenvalue weighted by Crippen LogP contribution is 2.37. The van der Waals surface area contributed by atoms with Crippen molar-refractivity contribution in [2.45, 2.75) is 39.2 Å². The van der Waals surface area contributed by atoms with Crippen molar-refractivity contribution in [1.29, 1.82) is 0 Å². The summed E-state index contributed by atoms with van der Waals surface area (Å²) in [5.74, 6) is 0.0109. The number of carbonyl (C=O) groups is 1. The average Bonchev–Trinajstić information content (AvgIpc) is 2.61. The highest BCUT2D eigenvalue weighted by molar-refractivity contribution is 9.10. The van der Waals surface area contributed by atoms with Crippen LogP contribution in [0.2, 0.25) is 0 Å². The lowest BCUT2D eigenvalue weighted by atomic mass is 10.1. The van der Waals surface area contributed by atoms with Crippen molar-refractivity contribution in [3.63, 3.8) is 0 Å². The molecular formula is C18H18BrFN2O2. The first-order chi connectivity index (χ1) is 11.2. The van der Waals surface area contributed by atoms with Gasteiger partial charge in [0.05, 0.1) is 11.9 Å². The van der Waals surface area contributed by atoms with Gasteiger partial charge < -0.3 is 4.74 Å². The second-order valence-corrected chi connectivity index (χ2v) is 7.64. The largest absolute Gasteiger partial charge is 0.443 e. The molecule has 0 saturated heterocycles. The maximum Gasteiger partial charge on any atom is 0.420 e. The molecule has 0 N–H and O–H groups in total. The molecule has 126 valence electrons. The Morgan fingerprint density at radius 2 is 1.96 bits per heavy atom. The van der Waals surface area contributed by atoms with Gasteiger partial charge >= 0.3 is 6.09 Å². The van der Waals surface area contributed by atoms with Gasteiger partial charge in [-0.05, 0) is 69.0 Å². The van der Waals surface area contributed by atoms with Crippen molar-refractivity contribution >= 4 is 33.5 Å². The van der Waals surface area contributed by atoms with Crippen molar-refractivity contribution in [3.8, 4) is 0 Å². The van der Waals surface area contributed by atoms with Gasteiger partial charge in [-0.15, -0.1) is 0 Å². The topological polar surface area (TPSA) is 42.4 Å². The molecule has 3 rings (SSSR count). The number of halogens is 2. The fourth-order valence-electron chi connectivity index (χ4n) is 2.71. The number of pyridine rings is 1. The Morgan fingerprint density at radius 3 is 2.67 bits per heavy atom. The van der Waals surface area contributed by atoms with Crippen molar-refractivity contribution in [3.05, 3.63) is 51.9 Å². The molecule has 1 aromatic heterocycles. The fraction of sp³-hybridized carbons (Fsp3) is 0.333. The molecule has 1 aromatic carbocycles. The first-order valence-corrected chi connectivity index (χ1v) is 8.50. The van der Waals surface area contributed by atoms with Gasteiger partial charge in [0.1, 0.15) is 17.2 Å². The van der Waals surface area contributed by atoms with Crippen LogP contribution in [0.5, 0.6) is 0 Å². The van der Waals surface area contributed by atoms with Gasteiger partial charge in [0.25, 0.3) is 0 Å². The zero-order chi connectivity index (χ0) is 17.5. The van der Waals surface area contributed by atoms with Crippen LogP contribution in [0.3, 0.4) is 0 Å². The molecule has 0 atom stereocenters. The molecule has 0 spiro atoms. The minimum atomic E-state index is -0.640. The van der Waals surface area contributed by atoms with Crippen LogP contribution >= 0.6 is 15.9 Å². The number of hydrogen-bond acceptors (Lipinski definition) is 3. The maximum atomic E-state index is 13.6. The van der Waals surface area contributed by atoms with Gasteiger partial charge in [-0.1, -0.05) is 15.9 Å². The summed E-state index contributed by atoms with van der Waals surface area (Å²) in [6, 6.07) is 7.11. The number of rotatable bonds is 0. The standard InChI is InChI=1S/C18H18BrFN2O2/c1-18(2,3)24-17(23)22-15-7-6-13(19)8-11(15)4-5-12-9-14(20)10-21-16(12)22/h6-10H,4-5H2,1-3H3. The quantitative estimate of drug-likeness (QED) is 0.621. The number of fused-ring (bicyclic) bond motifs is 2. The first kappa shape index (κ1) is 16.9. The average molecular weight is 393 g/mol. The van der Waals surface area contributed by atoms with Crippen LogP contribution in [0.4, 0.5) is 20.7 Å². The van der Waals surface area contributed by atoms with E-state index >= 15 is 0 Å². The summed E-state index contributed by atoms with van der Waals surface area (Å²) >= 11 is 3.46. The van der Waals surface area contributed by atoms with Crippen molar-refractivity contribution in [2.24, 2.45) is 0 Å². The zero-order valence-electron chi connectivity index (χ0n) is 13.8. The molecule has 1 aliphatic heterocycles. The van der Waals surface area contributed by atoms with Gasteiger partial charge in [0, 0.05) is 4.47 Å². The minimum Gasteiger partial charge on any atom is -0.443 e. The number of hydrogen-bond donors (Lipinski definition) is 0. The number of nitrogens with zero attached hydrogens (tertiary/aromatic N) is 2. The molecule has 0 aliphatic carbocycles. The number of carbonyl (C=O) groups excluding carboxylic acids is 1. The van der Waals surface area contributed by atoms with Crippen molar-refractivity contribution in [1.82, 2.24) is 4.98 Å².